The van der Waals surface area contributed by atoms with Crippen molar-refractivity contribution < 1.29 is 17.9 Å². The first-order valence-electron chi connectivity index (χ1n) is 3.42. The van der Waals surface area contributed by atoms with Crippen LogP contribution in [-0.4, -0.2) is 6.36 Å². The van der Waals surface area contributed by atoms with Crippen molar-refractivity contribution in [3.05, 3.63) is 33.4 Å². The smallest absolute Gasteiger partial charge is 0.287 e. The Morgan fingerprint density at radius 1 is 1.15 bits per heavy atom. The molecule has 0 heterocycles. The quantitative estimate of drug-likeness (QED) is 0.762. The van der Waals surface area contributed by atoms with Crippen LogP contribution in [0.1, 0.15) is 5.56 Å². The van der Waals surface area contributed by atoms with Gasteiger partial charge in [0.15, 0.2) is 0 Å². The molecule has 0 amide bonds. The van der Waals surface area contributed by atoms with Crippen molar-refractivity contribution in [2.45, 2.75) is 13.0 Å². The molecule has 0 unspecified atom stereocenters. The third-order valence-corrected chi connectivity index (χ3v) is 2.03. The zero-order valence-corrected chi connectivity index (χ0v) is 8.59. The molecule has 0 bridgehead atoms. The molecule has 1 rings (SSSR count). The van der Waals surface area contributed by atoms with Gasteiger partial charge in [-0.2, -0.15) is 0 Å². The molecule has 0 aliphatic heterocycles. The lowest BCUT2D eigenvalue weighted by atomic mass is 10.2. The lowest BCUT2D eigenvalue weighted by Gasteiger charge is -2.06. The van der Waals surface area contributed by atoms with Crippen molar-refractivity contribution in [2.24, 2.45) is 0 Å². The summed E-state index contributed by atoms with van der Waals surface area (Å²) in [5.74, 6) is 0. The van der Waals surface area contributed by atoms with Gasteiger partial charge in [0.05, 0.1) is 6.61 Å². The average Bonchev–Trinajstić information content (AvgIpc) is 2.02. The van der Waals surface area contributed by atoms with E-state index in [0.29, 0.717) is 5.56 Å². The fraction of sp³-hybridized carbons (Fsp3) is 0.250. The number of rotatable bonds is 2. The van der Waals surface area contributed by atoms with Crippen LogP contribution in [0.4, 0.5) is 13.2 Å². The summed E-state index contributed by atoms with van der Waals surface area (Å²) in [4.78, 5) is 0. The Labute approximate surface area is 87.0 Å². The minimum atomic E-state index is -4.55. The van der Waals surface area contributed by atoms with Crippen molar-refractivity contribution in [2.75, 3.05) is 0 Å². The van der Waals surface area contributed by atoms with Crippen LogP contribution < -0.4 is 0 Å². The maximum absolute atomic E-state index is 11.6. The largest absolute Gasteiger partial charge is 0.522 e. The van der Waals surface area contributed by atoms with Crippen molar-refractivity contribution in [3.8, 4) is 0 Å². The second kappa shape index (κ2) is 4.28. The third-order valence-electron chi connectivity index (χ3n) is 1.32. The monoisotopic (exact) mass is 302 g/mol. The van der Waals surface area contributed by atoms with E-state index in [4.69, 9.17) is 0 Å². The molecule has 0 fully saturated rings. The van der Waals surface area contributed by atoms with Gasteiger partial charge in [-0.3, -0.25) is 4.74 Å². The van der Waals surface area contributed by atoms with E-state index < -0.39 is 13.0 Å². The van der Waals surface area contributed by atoms with E-state index in [1.807, 2.05) is 0 Å². The van der Waals surface area contributed by atoms with Gasteiger partial charge in [0.25, 0.3) is 0 Å². The number of alkyl halides is 3. The summed E-state index contributed by atoms with van der Waals surface area (Å²) in [7, 11) is 0. The van der Waals surface area contributed by atoms with Crippen LogP contribution in [0.2, 0.25) is 0 Å². The molecule has 0 aliphatic rings. The molecular weight excluding hydrogens is 296 g/mol. The first kappa shape index (κ1) is 10.8. The summed E-state index contributed by atoms with van der Waals surface area (Å²) in [6, 6.07) is 6.67. The van der Waals surface area contributed by atoms with E-state index in [-0.39, 0.29) is 0 Å². The second-order valence-electron chi connectivity index (χ2n) is 2.36. The number of halogens is 4. The third kappa shape index (κ3) is 4.47. The molecule has 0 radical (unpaired) electrons. The highest BCUT2D eigenvalue weighted by molar-refractivity contribution is 14.1. The molecule has 1 aromatic rings. The standard InChI is InChI=1S/C8H6F3IO/c9-8(10,11)13-5-6-1-3-7(12)4-2-6/h1-4H,5H2. The average molecular weight is 302 g/mol. The van der Waals surface area contributed by atoms with E-state index in [2.05, 4.69) is 27.3 Å². The lowest BCUT2D eigenvalue weighted by Crippen LogP contribution is -2.12. The van der Waals surface area contributed by atoms with Gasteiger partial charge in [-0.15, -0.1) is 13.2 Å². The van der Waals surface area contributed by atoms with Crippen LogP contribution in [-0.2, 0) is 11.3 Å². The molecule has 5 heteroatoms. The van der Waals surface area contributed by atoms with Gasteiger partial charge in [0.2, 0.25) is 0 Å². The summed E-state index contributed by atoms with van der Waals surface area (Å²) in [5, 5.41) is 0. The molecule has 0 aromatic heterocycles. The van der Waals surface area contributed by atoms with Crippen molar-refractivity contribution >= 4 is 22.6 Å². The minimum Gasteiger partial charge on any atom is -0.287 e. The Kier molecular flexibility index (Phi) is 3.55. The highest BCUT2D eigenvalue weighted by atomic mass is 127. The van der Waals surface area contributed by atoms with Gasteiger partial charge in [0.1, 0.15) is 0 Å². The fourth-order valence-electron chi connectivity index (χ4n) is 0.746. The fourth-order valence-corrected chi connectivity index (χ4v) is 1.11. The van der Waals surface area contributed by atoms with Gasteiger partial charge in [-0.05, 0) is 40.3 Å². The Bertz CT molecular complexity index is 268. The highest BCUT2D eigenvalue weighted by Crippen LogP contribution is 2.18. The highest BCUT2D eigenvalue weighted by Gasteiger charge is 2.28. The summed E-state index contributed by atoms with van der Waals surface area (Å²) < 4.78 is 39.4. The van der Waals surface area contributed by atoms with E-state index >= 15 is 0 Å². The number of ether oxygens (including phenoxy) is 1. The zero-order chi connectivity index (χ0) is 9.90. The van der Waals surface area contributed by atoms with Gasteiger partial charge < -0.3 is 0 Å². The minimum absolute atomic E-state index is 0.430. The van der Waals surface area contributed by atoms with E-state index in [0.717, 1.165) is 3.57 Å². The van der Waals surface area contributed by atoms with Crippen molar-refractivity contribution in [3.63, 3.8) is 0 Å². The first-order chi connectivity index (χ1) is 5.97. The van der Waals surface area contributed by atoms with Crippen LogP contribution >= 0.6 is 22.6 Å². The van der Waals surface area contributed by atoms with Crippen LogP contribution in [0.25, 0.3) is 0 Å². The lowest BCUT2D eigenvalue weighted by molar-refractivity contribution is -0.330. The SMILES string of the molecule is FC(F)(F)OCc1ccc(I)cc1. The van der Waals surface area contributed by atoms with Crippen molar-refractivity contribution in [1.29, 1.82) is 0 Å². The summed E-state index contributed by atoms with van der Waals surface area (Å²) in [5.41, 5.74) is 0.512. The van der Waals surface area contributed by atoms with Crippen LogP contribution in [0.15, 0.2) is 24.3 Å². The number of benzene rings is 1. The maximum atomic E-state index is 11.6. The van der Waals surface area contributed by atoms with E-state index in [1.165, 1.54) is 0 Å². The molecule has 1 aromatic carbocycles. The normalized spacial score (nSPS) is 11.7. The number of hydrogen-bond donors (Lipinski definition) is 0. The Morgan fingerprint density at radius 2 is 1.69 bits per heavy atom. The molecule has 0 N–H and O–H groups in total. The molecule has 72 valence electrons. The molecule has 0 saturated carbocycles. The molecule has 0 saturated heterocycles. The number of hydrogen-bond acceptors (Lipinski definition) is 1. The first-order valence-corrected chi connectivity index (χ1v) is 4.50. The predicted molar refractivity (Wildman–Crippen MR) is 50.0 cm³/mol. The topological polar surface area (TPSA) is 9.23 Å². The molecule has 13 heavy (non-hydrogen) atoms. The van der Waals surface area contributed by atoms with Gasteiger partial charge in [0, 0.05) is 3.57 Å². The second-order valence-corrected chi connectivity index (χ2v) is 3.61. The molecule has 0 aliphatic carbocycles. The van der Waals surface area contributed by atoms with E-state index in [1.54, 1.807) is 24.3 Å². The van der Waals surface area contributed by atoms with Crippen LogP contribution in [0.5, 0.6) is 0 Å². The predicted octanol–water partition coefficient (Wildman–Crippen LogP) is 3.33. The Morgan fingerprint density at radius 3 is 2.15 bits per heavy atom. The van der Waals surface area contributed by atoms with Gasteiger partial charge >= 0.3 is 6.36 Å². The zero-order valence-electron chi connectivity index (χ0n) is 6.44. The van der Waals surface area contributed by atoms with Crippen molar-refractivity contribution in [1.82, 2.24) is 0 Å². The van der Waals surface area contributed by atoms with Gasteiger partial charge in [-0.1, -0.05) is 12.1 Å². The molecule has 0 spiro atoms. The summed E-state index contributed by atoms with van der Waals surface area (Å²) in [6.07, 6.45) is -4.55. The molecule has 0 atom stereocenters. The maximum Gasteiger partial charge on any atom is 0.522 e. The summed E-state index contributed by atoms with van der Waals surface area (Å²) in [6.45, 7) is -0.430. The Hall–Kier alpha value is -0.300. The van der Waals surface area contributed by atoms with Gasteiger partial charge in [-0.25, -0.2) is 0 Å². The molecule has 1 nitrogen and oxygen atoms in total. The van der Waals surface area contributed by atoms with Crippen LogP contribution in [0, 0.1) is 3.57 Å². The van der Waals surface area contributed by atoms with Crippen LogP contribution in [0.3, 0.4) is 0 Å². The molecular formula is C8H6F3IO. The Balaban J connectivity index is 2.51. The van der Waals surface area contributed by atoms with E-state index in [9.17, 15) is 13.2 Å². The summed E-state index contributed by atoms with van der Waals surface area (Å²) >= 11 is 2.08.